The first-order chi connectivity index (χ1) is 4.38. The molecule has 0 spiro atoms. The van der Waals surface area contributed by atoms with Crippen molar-refractivity contribution < 1.29 is 9.31 Å². The molecule has 0 aromatic rings. The average molecular weight is 128 g/mol. The lowest BCUT2D eigenvalue weighted by Gasteiger charge is -1.91. The second-order valence-corrected chi connectivity index (χ2v) is 2.18. The second-order valence-electron chi connectivity index (χ2n) is 2.18. The zero-order chi connectivity index (χ0) is 6.69. The van der Waals surface area contributed by atoms with E-state index >= 15 is 0 Å². The van der Waals surface area contributed by atoms with Gasteiger partial charge in [0, 0.05) is 0 Å². The van der Waals surface area contributed by atoms with E-state index in [1.807, 2.05) is 0 Å². The first kappa shape index (κ1) is 6.59. The Morgan fingerprint density at radius 1 is 1.56 bits per heavy atom. The van der Waals surface area contributed by atoms with Crippen LogP contribution in [0.15, 0.2) is 0 Å². The van der Waals surface area contributed by atoms with E-state index in [1.165, 1.54) is 0 Å². The van der Waals surface area contributed by atoms with Crippen molar-refractivity contribution in [1.82, 2.24) is 0 Å². The third kappa shape index (κ3) is 1.23. The molecule has 1 heterocycles. The molecule has 0 fully saturated rings. The SMILES string of the molecule is CCC1=[N+](CC)CCO1. The van der Waals surface area contributed by atoms with Gasteiger partial charge in [0.2, 0.25) is 0 Å². The zero-order valence-corrected chi connectivity index (χ0v) is 6.18. The molecule has 0 saturated carbocycles. The molecule has 1 rings (SSSR count). The van der Waals surface area contributed by atoms with E-state index in [1.54, 1.807) is 0 Å². The highest BCUT2D eigenvalue weighted by Crippen LogP contribution is 1.97. The molecule has 0 aromatic carbocycles. The third-order valence-corrected chi connectivity index (χ3v) is 1.67. The molecule has 52 valence electrons. The third-order valence-electron chi connectivity index (χ3n) is 1.67. The summed E-state index contributed by atoms with van der Waals surface area (Å²) in [5.74, 6) is 1.16. The van der Waals surface area contributed by atoms with Gasteiger partial charge < -0.3 is 4.74 Å². The van der Waals surface area contributed by atoms with Crippen molar-refractivity contribution in [2.24, 2.45) is 0 Å². The van der Waals surface area contributed by atoms with Crippen molar-refractivity contribution in [1.29, 1.82) is 0 Å². The van der Waals surface area contributed by atoms with Crippen LogP contribution in [0.4, 0.5) is 0 Å². The van der Waals surface area contributed by atoms with Crippen LogP contribution in [0.25, 0.3) is 0 Å². The van der Waals surface area contributed by atoms with Crippen LogP contribution in [-0.2, 0) is 4.74 Å². The number of ether oxygens (including phenoxy) is 1. The molecule has 0 aliphatic carbocycles. The van der Waals surface area contributed by atoms with Crippen LogP contribution in [-0.4, -0.2) is 30.2 Å². The Hall–Kier alpha value is -0.530. The molecule has 0 saturated heterocycles. The van der Waals surface area contributed by atoms with Gasteiger partial charge in [0.1, 0.15) is 6.54 Å². The fraction of sp³-hybridized carbons (Fsp3) is 0.857. The Balaban J connectivity index is 2.59. The highest BCUT2D eigenvalue weighted by atomic mass is 16.5. The maximum atomic E-state index is 5.35. The lowest BCUT2D eigenvalue weighted by Crippen LogP contribution is -2.14. The highest BCUT2D eigenvalue weighted by molar-refractivity contribution is 5.71. The number of hydrogen-bond donors (Lipinski definition) is 0. The van der Waals surface area contributed by atoms with Crippen LogP contribution < -0.4 is 0 Å². The highest BCUT2D eigenvalue weighted by Gasteiger charge is 2.19. The summed E-state index contributed by atoms with van der Waals surface area (Å²) in [5, 5.41) is 0. The predicted molar refractivity (Wildman–Crippen MR) is 36.9 cm³/mol. The Bertz CT molecular complexity index is 115. The minimum Gasteiger partial charge on any atom is -0.441 e. The predicted octanol–water partition coefficient (Wildman–Crippen LogP) is 0.857. The van der Waals surface area contributed by atoms with Crippen molar-refractivity contribution in [3.8, 4) is 0 Å². The largest absolute Gasteiger partial charge is 0.441 e. The maximum absolute atomic E-state index is 5.35. The first-order valence-electron chi connectivity index (χ1n) is 3.62. The number of hydrogen-bond acceptors (Lipinski definition) is 1. The summed E-state index contributed by atoms with van der Waals surface area (Å²) in [6.45, 7) is 7.34. The molecule has 2 nitrogen and oxygen atoms in total. The minimum atomic E-state index is 0.886. The Kier molecular flexibility index (Phi) is 2.09. The van der Waals surface area contributed by atoms with E-state index < -0.39 is 0 Å². The van der Waals surface area contributed by atoms with Gasteiger partial charge in [-0.2, -0.15) is 4.58 Å². The number of nitrogens with zero attached hydrogens (tertiary/aromatic N) is 1. The van der Waals surface area contributed by atoms with Crippen molar-refractivity contribution >= 4 is 5.90 Å². The van der Waals surface area contributed by atoms with E-state index in [4.69, 9.17) is 4.74 Å². The molecule has 1 aliphatic rings. The van der Waals surface area contributed by atoms with Crippen LogP contribution in [0.5, 0.6) is 0 Å². The summed E-state index contributed by atoms with van der Waals surface area (Å²) >= 11 is 0. The standard InChI is InChI=1S/C7H14NO/c1-3-7-8(4-2)5-6-9-7/h3-6H2,1-2H3/q+1. The summed E-state index contributed by atoms with van der Waals surface area (Å²) in [6, 6.07) is 0. The van der Waals surface area contributed by atoms with Gasteiger partial charge in [0.05, 0.1) is 6.42 Å². The van der Waals surface area contributed by atoms with Crippen molar-refractivity contribution in [3.05, 3.63) is 0 Å². The minimum absolute atomic E-state index is 0.886. The normalized spacial score (nSPS) is 18.4. The molecule has 9 heavy (non-hydrogen) atoms. The van der Waals surface area contributed by atoms with Gasteiger partial charge in [0.25, 0.3) is 0 Å². The Labute approximate surface area is 56.1 Å². The van der Waals surface area contributed by atoms with Gasteiger partial charge in [-0.15, -0.1) is 0 Å². The summed E-state index contributed by atoms with van der Waals surface area (Å²) < 4.78 is 7.63. The molecule has 0 atom stereocenters. The number of rotatable bonds is 2. The van der Waals surface area contributed by atoms with E-state index in [2.05, 4.69) is 18.4 Å². The van der Waals surface area contributed by atoms with Crippen LogP contribution in [0.1, 0.15) is 20.3 Å². The van der Waals surface area contributed by atoms with Crippen molar-refractivity contribution in [3.63, 3.8) is 0 Å². The lowest BCUT2D eigenvalue weighted by molar-refractivity contribution is -0.515. The quantitative estimate of drug-likeness (QED) is 0.502. The monoisotopic (exact) mass is 128 g/mol. The summed E-state index contributed by atoms with van der Waals surface area (Å²) in [6.07, 6.45) is 1.04. The fourth-order valence-electron chi connectivity index (χ4n) is 1.15. The molecule has 0 radical (unpaired) electrons. The van der Waals surface area contributed by atoms with E-state index in [-0.39, 0.29) is 0 Å². The second kappa shape index (κ2) is 2.85. The van der Waals surface area contributed by atoms with E-state index in [0.717, 1.165) is 32.0 Å². The molecular weight excluding hydrogens is 114 g/mol. The van der Waals surface area contributed by atoms with Gasteiger partial charge in [-0.25, -0.2) is 0 Å². The zero-order valence-electron chi connectivity index (χ0n) is 6.18. The average Bonchev–Trinajstić information content (AvgIpc) is 2.33. The Morgan fingerprint density at radius 3 is 2.78 bits per heavy atom. The molecule has 2 heteroatoms. The van der Waals surface area contributed by atoms with Crippen LogP contribution in [0, 0.1) is 0 Å². The van der Waals surface area contributed by atoms with Gasteiger partial charge >= 0.3 is 5.90 Å². The summed E-state index contributed by atoms with van der Waals surface area (Å²) in [4.78, 5) is 0. The topological polar surface area (TPSA) is 12.2 Å². The van der Waals surface area contributed by atoms with Crippen molar-refractivity contribution in [2.75, 3.05) is 19.7 Å². The number of likely N-dealkylation sites (N-methyl/N-ethyl adjacent to an activating group) is 1. The van der Waals surface area contributed by atoms with Crippen molar-refractivity contribution in [2.45, 2.75) is 20.3 Å². The Morgan fingerprint density at radius 2 is 2.33 bits per heavy atom. The van der Waals surface area contributed by atoms with Gasteiger partial charge in [0.15, 0.2) is 13.2 Å². The first-order valence-corrected chi connectivity index (χ1v) is 3.62. The van der Waals surface area contributed by atoms with Gasteiger partial charge in [-0.3, -0.25) is 0 Å². The van der Waals surface area contributed by atoms with Crippen LogP contribution >= 0.6 is 0 Å². The maximum Gasteiger partial charge on any atom is 0.336 e. The molecular formula is C7H14NO+. The molecule has 0 aromatic heterocycles. The molecule has 1 aliphatic heterocycles. The van der Waals surface area contributed by atoms with Gasteiger partial charge in [-0.1, -0.05) is 6.92 Å². The van der Waals surface area contributed by atoms with E-state index in [0.29, 0.717) is 0 Å². The molecule has 0 amide bonds. The van der Waals surface area contributed by atoms with Crippen LogP contribution in [0.2, 0.25) is 0 Å². The molecule has 0 bridgehead atoms. The smallest absolute Gasteiger partial charge is 0.336 e. The fourth-order valence-corrected chi connectivity index (χ4v) is 1.15. The lowest BCUT2D eigenvalue weighted by atomic mass is 10.5. The van der Waals surface area contributed by atoms with Crippen LogP contribution in [0.3, 0.4) is 0 Å². The van der Waals surface area contributed by atoms with E-state index in [9.17, 15) is 0 Å². The van der Waals surface area contributed by atoms with Gasteiger partial charge in [-0.05, 0) is 6.92 Å². The summed E-state index contributed by atoms with van der Waals surface area (Å²) in [5.41, 5.74) is 0. The summed E-state index contributed by atoms with van der Waals surface area (Å²) in [7, 11) is 0. The molecule has 0 N–H and O–H groups in total. The molecule has 0 unspecified atom stereocenters.